The first-order chi connectivity index (χ1) is 16.3. The second-order valence-electron chi connectivity index (χ2n) is 8.83. The van der Waals surface area contributed by atoms with Crippen molar-refractivity contribution in [1.29, 1.82) is 0 Å². The van der Waals surface area contributed by atoms with Crippen LogP contribution in [0.3, 0.4) is 0 Å². The number of hydroxylamine groups is 2. The van der Waals surface area contributed by atoms with Crippen molar-refractivity contribution in [2.45, 2.75) is 51.5 Å². The maximum atomic E-state index is 15.1. The van der Waals surface area contributed by atoms with Gasteiger partial charge in [0.2, 0.25) is 24.0 Å². The lowest BCUT2D eigenvalue weighted by atomic mass is 9.92. The van der Waals surface area contributed by atoms with E-state index in [-0.39, 0.29) is 36.3 Å². The van der Waals surface area contributed by atoms with Crippen molar-refractivity contribution in [1.82, 2.24) is 25.4 Å². The van der Waals surface area contributed by atoms with E-state index in [2.05, 4.69) is 26.1 Å². The molecule has 1 aromatic rings. The minimum atomic E-state index is -0.849. The highest BCUT2D eigenvalue weighted by molar-refractivity contribution is 5.85. The van der Waals surface area contributed by atoms with E-state index in [1.54, 1.807) is 14.0 Å². The van der Waals surface area contributed by atoms with Crippen LogP contribution >= 0.6 is 0 Å². The van der Waals surface area contributed by atoms with Gasteiger partial charge in [0.25, 0.3) is 0 Å². The van der Waals surface area contributed by atoms with Gasteiger partial charge in [-0.2, -0.15) is 4.39 Å². The predicted octanol–water partition coefficient (Wildman–Crippen LogP) is 1.61. The third-order valence-corrected chi connectivity index (χ3v) is 6.16. The van der Waals surface area contributed by atoms with Crippen LogP contribution < -0.4 is 16.2 Å². The molecule has 11 nitrogen and oxygen atoms in total. The smallest absolute Gasteiger partial charge is 0.245 e. The summed E-state index contributed by atoms with van der Waals surface area (Å²) in [5.74, 6) is -2.07. The monoisotopic (exact) mass is 477 g/mol. The van der Waals surface area contributed by atoms with Gasteiger partial charge in [0, 0.05) is 13.6 Å². The first kappa shape index (κ1) is 25.3. The van der Waals surface area contributed by atoms with Crippen LogP contribution in [-0.2, 0) is 14.4 Å². The Bertz CT molecular complexity index is 923. The number of likely N-dealkylation sites (N-methyl/N-ethyl adjacent to an activating group) is 1. The zero-order valence-corrected chi connectivity index (χ0v) is 19.5. The second-order valence-corrected chi connectivity index (χ2v) is 8.83. The normalized spacial score (nSPS) is 19.5. The first-order valence-electron chi connectivity index (χ1n) is 11.5. The minimum absolute atomic E-state index is 0.156. The van der Waals surface area contributed by atoms with Gasteiger partial charge in [0.15, 0.2) is 11.6 Å². The van der Waals surface area contributed by atoms with Crippen LogP contribution in [0.1, 0.15) is 44.3 Å². The lowest BCUT2D eigenvalue weighted by molar-refractivity contribution is -0.154. The summed E-state index contributed by atoms with van der Waals surface area (Å²) >= 11 is 0. The van der Waals surface area contributed by atoms with Crippen molar-refractivity contribution >= 4 is 29.9 Å². The average Bonchev–Trinajstić information content (AvgIpc) is 3.28. The minimum Gasteiger partial charge on any atom is -0.356 e. The van der Waals surface area contributed by atoms with Gasteiger partial charge in [0.1, 0.15) is 11.9 Å². The van der Waals surface area contributed by atoms with Crippen LogP contribution in [0.5, 0.6) is 0 Å². The number of halogens is 1. The number of aromatic nitrogens is 2. The molecular formula is C22H32FN7O4. The van der Waals surface area contributed by atoms with Gasteiger partial charge in [0.05, 0.1) is 12.5 Å². The van der Waals surface area contributed by atoms with Crippen LogP contribution in [0.2, 0.25) is 0 Å². The van der Waals surface area contributed by atoms with Gasteiger partial charge in [-0.15, -0.1) is 0 Å². The average molecular weight is 478 g/mol. The van der Waals surface area contributed by atoms with Crippen LogP contribution in [0.25, 0.3) is 0 Å². The van der Waals surface area contributed by atoms with E-state index < -0.39 is 23.7 Å². The van der Waals surface area contributed by atoms with Crippen LogP contribution in [0, 0.1) is 24.6 Å². The molecule has 2 aliphatic rings. The summed E-state index contributed by atoms with van der Waals surface area (Å²) in [6.45, 7) is 1.87. The molecular weight excluding hydrogens is 445 g/mol. The topological polar surface area (TPSA) is 140 Å². The fraction of sp³-hybridized carbons (Fsp3) is 0.591. The molecule has 2 heterocycles. The molecule has 0 radical (unpaired) electrons. The molecule has 34 heavy (non-hydrogen) atoms. The fourth-order valence-electron chi connectivity index (χ4n) is 4.35. The van der Waals surface area contributed by atoms with Crippen molar-refractivity contribution in [3.05, 3.63) is 23.8 Å². The number of rotatable bonds is 10. The fourth-order valence-corrected chi connectivity index (χ4v) is 4.35. The Hall–Kier alpha value is -3.28. The number of hydrogen-bond donors (Lipinski definition) is 4. The largest absolute Gasteiger partial charge is 0.356 e. The van der Waals surface area contributed by atoms with Crippen molar-refractivity contribution in [2.75, 3.05) is 30.9 Å². The molecule has 0 aromatic carbocycles. The van der Waals surface area contributed by atoms with Crippen molar-refractivity contribution in [3.8, 4) is 0 Å². The van der Waals surface area contributed by atoms with E-state index in [4.69, 9.17) is 0 Å². The molecule has 12 heteroatoms. The van der Waals surface area contributed by atoms with Crippen molar-refractivity contribution in [3.63, 3.8) is 0 Å². The number of nitrogens with one attached hydrogen (secondary N) is 3. The quantitative estimate of drug-likeness (QED) is 0.172. The Balaban J connectivity index is 1.69. The van der Waals surface area contributed by atoms with Gasteiger partial charge >= 0.3 is 0 Å². The molecule has 0 saturated heterocycles. The maximum Gasteiger partial charge on any atom is 0.245 e. The Morgan fingerprint density at radius 1 is 1.32 bits per heavy atom. The van der Waals surface area contributed by atoms with Crippen molar-refractivity contribution in [2.24, 2.45) is 11.8 Å². The van der Waals surface area contributed by atoms with Crippen LogP contribution in [0.15, 0.2) is 12.2 Å². The van der Waals surface area contributed by atoms with Gasteiger partial charge in [-0.05, 0) is 25.7 Å². The lowest BCUT2D eigenvalue weighted by Crippen LogP contribution is -2.41. The number of aryl methyl sites for hydroxylation is 1. The Kier molecular flexibility index (Phi) is 8.74. The summed E-state index contributed by atoms with van der Waals surface area (Å²) in [5, 5.41) is 12.9. The first-order valence-corrected chi connectivity index (χ1v) is 11.5. The number of hydrogen-bond acceptors (Lipinski definition) is 8. The van der Waals surface area contributed by atoms with Gasteiger partial charge in [-0.25, -0.2) is 15.0 Å². The molecule has 1 aliphatic carbocycles. The molecule has 1 aromatic heterocycles. The standard InChI is InChI=1S/C22H32FN7O4/c1-14-24-19(26-17-9-5-6-10-29(2)22(17)33)18(23)20(25-14)27-28-21(32)16(12-30(34)13-31)11-15-7-3-4-8-15/h5-6,13,15-17,34H,3-4,7-12H2,1-2H3,(H,28,32)(H2,24,25,26,27)/t16-,17+/m1/s1. The number of carbonyl (C=O) groups excluding carboxylic acids is 3. The van der Waals surface area contributed by atoms with E-state index >= 15 is 4.39 Å². The highest BCUT2D eigenvalue weighted by Gasteiger charge is 2.28. The van der Waals surface area contributed by atoms with E-state index in [0.29, 0.717) is 30.4 Å². The third kappa shape index (κ3) is 6.62. The summed E-state index contributed by atoms with van der Waals surface area (Å²) in [7, 11) is 1.66. The molecule has 3 rings (SSSR count). The van der Waals surface area contributed by atoms with Crippen LogP contribution in [-0.4, -0.2) is 69.5 Å². The summed E-state index contributed by atoms with van der Waals surface area (Å²) in [6.07, 6.45) is 8.99. The number of anilines is 2. The molecule has 0 bridgehead atoms. The Labute approximate surface area is 197 Å². The summed E-state index contributed by atoms with van der Waals surface area (Å²) in [4.78, 5) is 45.8. The van der Waals surface area contributed by atoms with E-state index in [9.17, 15) is 19.6 Å². The molecule has 1 saturated carbocycles. The van der Waals surface area contributed by atoms with Gasteiger partial charge in [-0.3, -0.25) is 30.4 Å². The Morgan fingerprint density at radius 3 is 2.74 bits per heavy atom. The second kappa shape index (κ2) is 11.7. The predicted molar refractivity (Wildman–Crippen MR) is 122 cm³/mol. The molecule has 3 amide bonds. The third-order valence-electron chi connectivity index (χ3n) is 6.16. The summed E-state index contributed by atoms with van der Waals surface area (Å²) in [5.41, 5.74) is 4.94. The van der Waals surface area contributed by atoms with Gasteiger partial charge in [-0.1, -0.05) is 37.8 Å². The van der Waals surface area contributed by atoms with E-state index in [1.807, 2.05) is 12.2 Å². The van der Waals surface area contributed by atoms with E-state index in [0.717, 1.165) is 25.7 Å². The molecule has 1 aliphatic heterocycles. The molecule has 0 unspecified atom stereocenters. The number of carbonyl (C=O) groups is 3. The maximum absolute atomic E-state index is 15.1. The van der Waals surface area contributed by atoms with Crippen LogP contribution in [0.4, 0.5) is 16.0 Å². The molecule has 4 N–H and O–H groups in total. The summed E-state index contributed by atoms with van der Waals surface area (Å²) < 4.78 is 15.1. The van der Waals surface area contributed by atoms with Gasteiger partial charge < -0.3 is 10.2 Å². The number of nitrogens with zero attached hydrogens (tertiary/aromatic N) is 4. The Morgan fingerprint density at radius 2 is 2.03 bits per heavy atom. The SMILES string of the molecule is Cc1nc(NNC(=O)[C@H](CC2CCCC2)CN(O)C=O)c(F)c(N[C@H]2CC=CCN(C)C2=O)n1. The number of hydrazine groups is 1. The van der Waals surface area contributed by atoms with E-state index in [1.165, 1.54) is 4.90 Å². The molecule has 1 fully saturated rings. The summed E-state index contributed by atoms with van der Waals surface area (Å²) in [6, 6.07) is -0.690. The zero-order chi connectivity index (χ0) is 24.7. The van der Waals surface area contributed by atoms with Crippen molar-refractivity contribution < 1.29 is 24.0 Å². The lowest BCUT2D eigenvalue weighted by Gasteiger charge is -2.23. The zero-order valence-electron chi connectivity index (χ0n) is 19.5. The molecule has 2 atom stereocenters. The highest BCUT2D eigenvalue weighted by atomic mass is 19.1. The number of amides is 3. The highest BCUT2D eigenvalue weighted by Crippen LogP contribution is 2.30. The molecule has 186 valence electrons. The molecule has 0 spiro atoms.